The highest BCUT2D eigenvalue weighted by atomic mass is 19.1. The molecule has 3 heteroatoms. The Bertz CT molecular complexity index is 440. The summed E-state index contributed by atoms with van der Waals surface area (Å²) in [5.41, 5.74) is 2.21. The summed E-state index contributed by atoms with van der Waals surface area (Å²) < 4.78 is 12.9. The highest BCUT2D eigenvalue weighted by Crippen LogP contribution is 2.34. The minimum Gasteiger partial charge on any atom is -0.392 e. The second-order valence-corrected chi connectivity index (χ2v) is 4.89. The van der Waals surface area contributed by atoms with E-state index in [9.17, 15) is 9.50 Å². The molecule has 3 atom stereocenters. The quantitative estimate of drug-likeness (QED) is 0.801. The summed E-state index contributed by atoms with van der Waals surface area (Å²) in [5.74, 6) is -0.0288. The van der Waals surface area contributed by atoms with Gasteiger partial charge in [-0.3, -0.25) is 4.90 Å². The van der Waals surface area contributed by atoms with E-state index in [1.165, 1.54) is 17.7 Å². The normalized spacial score (nSPS) is 32.1. The van der Waals surface area contributed by atoms with E-state index in [0.717, 1.165) is 31.6 Å². The Morgan fingerprint density at radius 1 is 1.24 bits per heavy atom. The van der Waals surface area contributed by atoms with E-state index in [2.05, 4.69) is 11.0 Å². The molecule has 2 aliphatic heterocycles. The van der Waals surface area contributed by atoms with Gasteiger partial charge in [-0.1, -0.05) is 18.2 Å². The highest BCUT2D eigenvalue weighted by molar-refractivity contribution is 5.69. The Hall–Kier alpha value is -1.19. The van der Waals surface area contributed by atoms with E-state index in [4.69, 9.17) is 0 Å². The van der Waals surface area contributed by atoms with Crippen LogP contribution in [0.15, 0.2) is 30.3 Å². The van der Waals surface area contributed by atoms with E-state index in [0.29, 0.717) is 0 Å². The maximum Gasteiger partial charge on any atom is 0.123 e. The van der Waals surface area contributed by atoms with Gasteiger partial charge in [0.15, 0.2) is 0 Å². The molecule has 1 unspecified atom stereocenters. The van der Waals surface area contributed by atoms with Crippen molar-refractivity contribution in [3.8, 4) is 0 Å². The molecule has 0 amide bonds. The number of hydrogen-bond acceptors (Lipinski definition) is 2. The molecule has 2 bridgehead atoms. The fraction of sp³-hybridized carbons (Fsp3) is 0.429. The lowest BCUT2D eigenvalue weighted by atomic mass is 9.81. The van der Waals surface area contributed by atoms with Crippen LogP contribution < -0.4 is 0 Å². The van der Waals surface area contributed by atoms with Crippen LogP contribution in [0.5, 0.6) is 0 Å². The largest absolute Gasteiger partial charge is 0.392 e. The van der Waals surface area contributed by atoms with Crippen LogP contribution >= 0.6 is 0 Å². The molecule has 0 aliphatic carbocycles. The number of hydrogen-bond donors (Lipinski definition) is 1. The van der Waals surface area contributed by atoms with Crippen LogP contribution in [0, 0.1) is 11.7 Å². The van der Waals surface area contributed by atoms with Crippen molar-refractivity contribution < 1.29 is 9.50 Å². The number of rotatable bonds is 1. The molecular formula is C14H16FNO. The molecule has 90 valence electrons. The van der Waals surface area contributed by atoms with Crippen LogP contribution in [0.4, 0.5) is 4.39 Å². The van der Waals surface area contributed by atoms with Gasteiger partial charge >= 0.3 is 0 Å². The molecule has 2 heterocycles. The van der Waals surface area contributed by atoms with Crippen molar-refractivity contribution in [3.05, 3.63) is 41.7 Å². The summed E-state index contributed by atoms with van der Waals surface area (Å²) >= 11 is 0. The van der Waals surface area contributed by atoms with Gasteiger partial charge in [0.1, 0.15) is 5.82 Å². The van der Waals surface area contributed by atoms with E-state index in [1.807, 2.05) is 0 Å². The van der Waals surface area contributed by atoms with Gasteiger partial charge in [0, 0.05) is 25.6 Å². The molecule has 2 aliphatic rings. The van der Waals surface area contributed by atoms with E-state index < -0.39 is 0 Å². The predicted molar refractivity (Wildman–Crippen MR) is 64.9 cm³/mol. The molecule has 0 radical (unpaired) electrons. The van der Waals surface area contributed by atoms with Gasteiger partial charge in [0.25, 0.3) is 0 Å². The second kappa shape index (κ2) is 4.24. The number of aliphatic hydroxyl groups excluding tert-OH is 1. The lowest BCUT2D eigenvalue weighted by Crippen LogP contribution is -2.46. The van der Waals surface area contributed by atoms with Crippen LogP contribution in [-0.4, -0.2) is 35.7 Å². The first-order valence-corrected chi connectivity index (χ1v) is 6.10. The molecule has 3 rings (SSSR count). The molecule has 1 aromatic carbocycles. The standard InChI is InChI=1S/C14H16FNO/c15-11-3-1-10(2-4-11)12-5-7-16-8-6-14(17)13(12)9-16/h1-5,13-14,17H,6-9H2/t13-,14-/m0/s1. The molecule has 0 spiro atoms. The van der Waals surface area contributed by atoms with Gasteiger partial charge in [-0.15, -0.1) is 0 Å². The number of fused-ring (bicyclic) bond motifs is 2. The third kappa shape index (κ3) is 2.01. The highest BCUT2D eigenvalue weighted by Gasteiger charge is 2.33. The van der Waals surface area contributed by atoms with Crippen molar-refractivity contribution in [2.24, 2.45) is 5.92 Å². The summed E-state index contributed by atoms with van der Waals surface area (Å²) in [5, 5.41) is 10.1. The lowest BCUT2D eigenvalue weighted by Gasteiger charge is -2.40. The van der Waals surface area contributed by atoms with Crippen LogP contribution in [0.3, 0.4) is 0 Å². The van der Waals surface area contributed by atoms with Crippen LogP contribution in [0.2, 0.25) is 0 Å². The van der Waals surface area contributed by atoms with Gasteiger partial charge < -0.3 is 5.11 Å². The molecule has 0 aromatic heterocycles. The van der Waals surface area contributed by atoms with Crippen molar-refractivity contribution in [2.75, 3.05) is 19.6 Å². The van der Waals surface area contributed by atoms with Crippen LogP contribution in [0.1, 0.15) is 12.0 Å². The third-order valence-electron chi connectivity index (χ3n) is 3.81. The Balaban J connectivity index is 1.94. The monoisotopic (exact) mass is 233 g/mol. The van der Waals surface area contributed by atoms with Gasteiger partial charge in [-0.05, 0) is 29.7 Å². The van der Waals surface area contributed by atoms with Crippen molar-refractivity contribution in [1.29, 1.82) is 0 Å². The average Bonchev–Trinajstić information content (AvgIpc) is 2.36. The predicted octanol–water partition coefficient (Wildman–Crippen LogP) is 1.91. The van der Waals surface area contributed by atoms with Gasteiger partial charge in [0.2, 0.25) is 0 Å². The Morgan fingerprint density at radius 3 is 2.76 bits per heavy atom. The molecule has 0 saturated carbocycles. The number of halogens is 1. The molecule has 1 N–H and O–H groups in total. The first-order valence-electron chi connectivity index (χ1n) is 6.10. The topological polar surface area (TPSA) is 23.5 Å². The number of piperidine rings is 1. The maximum atomic E-state index is 12.9. The minimum absolute atomic E-state index is 0.183. The minimum atomic E-state index is -0.261. The SMILES string of the molecule is O[C@H]1CCN2CC=C(c3ccc(F)cc3)[C@@H]1C2. The smallest absolute Gasteiger partial charge is 0.123 e. The zero-order valence-corrected chi connectivity index (χ0v) is 9.64. The summed E-state index contributed by atoms with van der Waals surface area (Å²) in [6.45, 7) is 2.84. The zero-order valence-electron chi connectivity index (χ0n) is 9.64. The number of nitrogens with zero attached hydrogens (tertiary/aromatic N) is 1. The van der Waals surface area contributed by atoms with E-state index >= 15 is 0 Å². The van der Waals surface area contributed by atoms with Gasteiger partial charge in [-0.25, -0.2) is 4.39 Å². The molecule has 1 aromatic rings. The van der Waals surface area contributed by atoms with E-state index in [1.54, 1.807) is 12.1 Å². The summed E-state index contributed by atoms with van der Waals surface area (Å²) in [7, 11) is 0. The zero-order chi connectivity index (χ0) is 11.8. The first-order chi connectivity index (χ1) is 8.24. The van der Waals surface area contributed by atoms with Crippen molar-refractivity contribution in [2.45, 2.75) is 12.5 Å². The molecule has 1 fully saturated rings. The number of benzene rings is 1. The Kier molecular flexibility index (Phi) is 2.73. The summed E-state index contributed by atoms with van der Waals surface area (Å²) in [6.07, 6.45) is 2.75. The summed E-state index contributed by atoms with van der Waals surface area (Å²) in [4.78, 5) is 2.35. The van der Waals surface area contributed by atoms with Gasteiger partial charge in [-0.2, -0.15) is 0 Å². The third-order valence-corrected chi connectivity index (χ3v) is 3.81. The summed E-state index contributed by atoms with van der Waals surface area (Å²) in [6, 6.07) is 6.58. The van der Waals surface area contributed by atoms with Crippen molar-refractivity contribution in [1.82, 2.24) is 4.90 Å². The average molecular weight is 233 g/mol. The van der Waals surface area contributed by atoms with Crippen molar-refractivity contribution in [3.63, 3.8) is 0 Å². The molecule has 17 heavy (non-hydrogen) atoms. The fourth-order valence-corrected chi connectivity index (χ4v) is 2.83. The Morgan fingerprint density at radius 2 is 2.00 bits per heavy atom. The first kappa shape index (κ1) is 10.9. The fourth-order valence-electron chi connectivity index (χ4n) is 2.83. The van der Waals surface area contributed by atoms with Crippen LogP contribution in [-0.2, 0) is 0 Å². The van der Waals surface area contributed by atoms with E-state index in [-0.39, 0.29) is 17.8 Å². The second-order valence-electron chi connectivity index (χ2n) is 4.89. The maximum absolute atomic E-state index is 12.9. The van der Waals surface area contributed by atoms with Crippen LogP contribution in [0.25, 0.3) is 5.57 Å². The molecule has 2 nitrogen and oxygen atoms in total. The van der Waals surface area contributed by atoms with Crippen molar-refractivity contribution >= 4 is 5.57 Å². The number of aliphatic hydroxyl groups is 1. The Labute approximate surface area is 100 Å². The van der Waals surface area contributed by atoms with Gasteiger partial charge in [0.05, 0.1) is 6.10 Å². The lowest BCUT2D eigenvalue weighted by molar-refractivity contribution is 0.0509. The molecule has 1 saturated heterocycles. The molecular weight excluding hydrogens is 217 g/mol.